The van der Waals surface area contributed by atoms with E-state index in [1.54, 1.807) is 62.4 Å². The van der Waals surface area contributed by atoms with Gasteiger partial charge in [0, 0.05) is 11.1 Å². The molecule has 0 aliphatic rings. The van der Waals surface area contributed by atoms with E-state index in [9.17, 15) is 14.4 Å². The van der Waals surface area contributed by atoms with Crippen LogP contribution in [0, 0.1) is 0 Å². The number of hydrogen-bond acceptors (Lipinski definition) is 7. The zero-order valence-electron chi connectivity index (χ0n) is 22.9. The van der Waals surface area contributed by atoms with Crippen LogP contribution in [0.1, 0.15) is 49.9 Å². The summed E-state index contributed by atoms with van der Waals surface area (Å²) in [5, 5.41) is 0. The van der Waals surface area contributed by atoms with E-state index in [2.05, 4.69) is 13.2 Å². The largest absolute Gasteiger partial charge is 0.494 e. The van der Waals surface area contributed by atoms with Gasteiger partial charge in [-0.25, -0.2) is 14.4 Å². The van der Waals surface area contributed by atoms with Gasteiger partial charge in [-0.3, -0.25) is 0 Å². The Labute approximate surface area is 235 Å². The number of carbonyl (C=O) groups is 3. The molecule has 0 fully saturated rings. The lowest BCUT2D eigenvalue weighted by Crippen LogP contribution is -2.08. The minimum absolute atomic E-state index is 0.332. The highest BCUT2D eigenvalue weighted by Gasteiger charge is 2.10. The first kappa shape index (κ1) is 29.9. The van der Waals surface area contributed by atoms with Gasteiger partial charge in [0.05, 0.1) is 18.8 Å². The second-order valence-electron chi connectivity index (χ2n) is 9.31. The van der Waals surface area contributed by atoms with Crippen LogP contribution < -0.4 is 14.2 Å². The SMILES string of the molecule is C=C(C)C(=O)OCCCCCCOc1ccc(C(=O)Oc2ccc(-c3ccc(OC(=O)C(=C)C)cc3)cc2)cc1. The highest BCUT2D eigenvalue weighted by Crippen LogP contribution is 2.25. The molecular formula is C33H34O7. The predicted octanol–water partition coefficient (Wildman–Crippen LogP) is 7.11. The predicted molar refractivity (Wildman–Crippen MR) is 153 cm³/mol. The standard InChI is InChI=1S/C33H34O7/c1-23(2)31(34)38-22-8-6-5-7-21-37-28-15-13-27(14-16-28)33(36)40-30-19-11-26(12-20-30)25-9-17-29(18-10-25)39-32(35)24(3)4/h9-20H,1,3,5-8,21-22H2,2,4H3. The van der Waals surface area contributed by atoms with Crippen molar-refractivity contribution >= 4 is 17.9 Å². The Morgan fingerprint density at radius 1 is 0.575 bits per heavy atom. The molecule has 0 heterocycles. The van der Waals surface area contributed by atoms with Crippen molar-refractivity contribution in [3.63, 3.8) is 0 Å². The van der Waals surface area contributed by atoms with Crippen molar-refractivity contribution in [2.45, 2.75) is 39.5 Å². The molecule has 0 spiro atoms. The van der Waals surface area contributed by atoms with Crippen LogP contribution in [0.25, 0.3) is 11.1 Å². The zero-order chi connectivity index (χ0) is 28.9. The van der Waals surface area contributed by atoms with Crippen LogP contribution in [-0.4, -0.2) is 31.1 Å². The quantitative estimate of drug-likeness (QED) is 0.0928. The summed E-state index contributed by atoms with van der Waals surface area (Å²) in [6, 6.07) is 21.1. The molecule has 0 aromatic heterocycles. The summed E-state index contributed by atoms with van der Waals surface area (Å²) < 4.78 is 21.5. The van der Waals surface area contributed by atoms with Gasteiger partial charge in [-0.1, -0.05) is 37.4 Å². The first-order valence-corrected chi connectivity index (χ1v) is 13.1. The number of hydrogen-bond donors (Lipinski definition) is 0. The fourth-order valence-electron chi connectivity index (χ4n) is 3.51. The van der Waals surface area contributed by atoms with Crippen LogP contribution >= 0.6 is 0 Å². The maximum absolute atomic E-state index is 12.6. The van der Waals surface area contributed by atoms with Crippen molar-refractivity contribution in [2.75, 3.05) is 13.2 Å². The lowest BCUT2D eigenvalue weighted by atomic mass is 10.1. The number of rotatable bonds is 14. The molecule has 3 rings (SSSR count). The van der Waals surface area contributed by atoms with Crippen LogP contribution in [0.15, 0.2) is 97.1 Å². The molecule has 208 valence electrons. The Bertz CT molecular complexity index is 1320. The summed E-state index contributed by atoms with van der Waals surface area (Å²) in [7, 11) is 0. The number of ether oxygens (including phenoxy) is 4. The Kier molecular flexibility index (Phi) is 11.3. The normalized spacial score (nSPS) is 10.3. The molecule has 0 amide bonds. The van der Waals surface area contributed by atoms with Crippen LogP contribution in [0.4, 0.5) is 0 Å². The van der Waals surface area contributed by atoms with E-state index in [1.807, 2.05) is 24.3 Å². The van der Waals surface area contributed by atoms with Crippen molar-refractivity contribution in [1.29, 1.82) is 0 Å². The topological polar surface area (TPSA) is 88.1 Å². The first-order valence-electron chi connectivity index (χ1n) is 13.1. The average molecular weight is 543 g/mol. The summed E-state index contributed by atoms with van der Waals surface area (Å²) in [6.07, 6.45) is 3.59. The molecule has 3 aromatic rings. The molecule has 40 heavy (non-hydrogen) atoms. The Balaban J connectivity index is 1.40. The molecular weight excluding hydrogens is 508 g/mol. The van der Waals surface area contributed by atoms with E-state index in [1.165, 1.54) is 0 Å². The van der Waals surface area contributed by atoms with E-state index in [0.29, 0.717) is 47.2 Å². The third kappa shape index (κ3) is 9.58. The third-order valence-electron chi connectivity index (χ3n) is 5.79. The summed E-state index contributed by atoms with van der Waals surface area (Å²) in [5.74, 6) is 0.264. The highest BCUT2D eigenvalue weighted by molar-refractivity contribution is 5.91. The Morgan fingerprint density at radius 2 is 1.05 bits per heavy atom. The molecule has 0 atom stereocenters. The van der Waals surface area contributed by atoms with Gasteiger partial charge < -0.3 is 18.9 Å². The second kappa shape index (κ2) is 15.1. The lowest BCUT2D eigenvalue weighted by Gasteiger charge is -2.09. The monoisotopic (exact) mass is 542 g/mol. The third-order valence-corrected chi connectivity index (χ3v) is 5.79. The molecule has 0 bridgehead atoms. The maximum Gasteiger partial charge on any atom is 0.343 e. The summed E-state index contributed by atoms with van der Waals surface area (Å²) >= 11 is 0. The van der Waals surface area contributed by atoms with Gasteiger partial charge in [-0.2, -0.15) is 0 Å². The first-order chi connectivity index (χ1) is 19.2. The fourth-order valence-corrected chi connectivity index (χ4v) is 3.51. The molecule has 0 saturated heterocycles. The van der Waals surface area contributed by atoms with Gasteiger partial charge >= 0.3 is 17.9 Å². The second-order valence-corrected chi connectivity index (χ2v) is 9.31. The number of carbonyl (C=O) groups excluding carboxylic acids is 3. The van der Waals surface area contributed by atoms with Gasteiger partial charge in [-0.15, -0.1) is 0 Å². The van der Waals surface area contributed by atoms with Crippen molar-refractivity contribution in [1.82, 2.24) is 0 Å². The van der Waals surface area contributed by atoms with Crippen molar-refractivity contribution in [2.24, 2.45) is 0 Å². The van der Waals surface area contributed by atoms with Gasteiger partial charge in [0.15, 0.2) is 0 Å². The van der Waals surface area contributed by atoms with Crippen LogP contribution in [0.2, 0.25) is 0 Å². The van der Waals surface area contributed by atoms with Gasteiger partial charge in [0.1, 0.15) is 17.2 Å². The summed E-state index contributed by atoms with van der Waals surface area (Å²) in [6.45, 7) is 11.3. The molecule has 0 aliphatic heterocycles. The lowest BCUT2D eigenvalue weighted by molar-refractivity contribution is -0.139. The number of esters is 3. The molecule has 0 saturated carbocycles. The highest BCUT2D eigenvalue weighted by atomic mass is 16.5. The smallest absolute Gasteiger partial charge is 0.343 e. The van der Waals surface area contributed by atoms with Crippen molar-refractivity contribution in [3.8, 4) is 28.4 Å². The van der Waals surface area contributed by atoms with E-state index in [0.717, 1.165) is 36.8 Å². The van der Waals surface area contributed by atoms with Crippen molar-refractivity contribution < 1.29 is 33.3 Å². The molecule has 0 unspecified atom stereocenters. The van der Waals surface area contributed by atoms with Gasteiger partial charge in [0.2, 0.25) is 0 Å². The van der Waals surface area contributed by atoms with Crippen molar-refractivity contribution in [3.05, 3.63) is 103 Å². The summed E-state index contributed by atoms with van der Waals surface area (Å²) in [5.41, 5.74) is 3.00. The Morgan fingerprint density at radius 3 is 1.57 bits per heavy atom. The molecule has 7 nitrogen and oxygen atoms in total. The van der Waals surface area contributed by atoms with Gasteiger partial charge in [-0.05, 0) is 99.2 Å². The number of unbranched alkanes of at least 4 members (excludes halogenated alkanes) is 3. The van der Waals surface area contributed by atoms with Crippen LogP contribution in [-0.2, 0) is 14.3 Å². The van der Waals surface area contributed by atoms with Gasteiger partial charge in [0.25, 0.3) is 0 Å². The number of benzene rings is 3. The minimum Gasteiger partial charge on any atom is -0.494 e. The molecule has 0 N–H and O–H groups in total. The average Bonchev–Trinajstić information content (AvgIpc) is 2.95. The summed E-state index contributed by atoms with van der Waals surface area (Å²) in [4.78, 5) is 35.5. The fraction of sp³-hybridized carbons (Fsp3) is 0.242. The minimum atomic E-state index is -0.468. The van der Waals surface area contributed by atoms with Crippen LogP contribution in [0.3, 0.4) is 0 Å². The van der Waals surface area contributed by atoms with E-state index in [-0.39, 0.29) is 5.97 Å². The van der Waals surface area contributed by atoms with Crippen LogP contribution in [0.5, 0.6) is 17.2 Å². The molecule has 0 aliphatic carbocycles. The van der Waals surface area contributed by atoms with E-state index < -0.39 is 11.9 Å². The Hall–Kier alpha value is -4.65. The molecule has 3 aromatic carbocycles. The van der Waals surface area contributed by atoms with E-state index >= 15 is 0 Å². The maximum atomic E-state index is 12.6. The molecule has 7 heteroatoms. The molecule has 0 radical (unpaired) electrons. The zero-order valence-corrected chi connectivity index (χ0v) is 22.9. The van der Waals surface area contributed by atoms with E-state index in [4.69, 9.17) is 18.9 Å².